The molecule has 0 aromatic heterocycles. The average Bonchev–Trinajstić information content (AvgIpc) is 2.16. The summed E-state index contributed by atoms with van der Waals surface area (Å²) >= 11 is 1.06. The van der Waals surface area contributed by atoms with E-state index in [1.54, 1.807) is 13.8 Å². The topological polar surface area (TPSA) is 81.8 Å². The molecule has 0 aromatic carbocycles. The van der Waals surface area contributed by atoms with Crippen LogP contribution in [0.2, 0.25) is 0 Å². The minimum absolute atomic E-state index is 0.00370. The van der Waals surface area contributed by atoms with E-state index in [0.29, 0.717) is 0 Å². The van der Waals surface area contributed by atoms with E-state index in [1.165, 1.54) is 0 Å². The van der Waals surface area contributed by atoms with E-state index in [-0.39, 0.29) is 36.6 Å². The van der Waals surface area contributed by atoms with E-state index in [9.17, 15) is 4.79 Å². The Morgan fingerprint density at radius 3 is 2.64 bits per heavy atom. The second kappa shape index (κ2) is 8.19. The SMILES string of the molecule is CC(N)C(C)C(=O)SCOCOCO. The summed E-state index contributed by atoms with van der Waals surface area (Å²) in [5, 5.41) is 8.25. The van der Waals surface area contributed by atoms with Crippen LogP contribution in [0.5, 0.6) is 0 Å². The molecule has 0 aliphatic heterocycles. The first-order valence-corrected chi connectivity index (χ1v) is 5.26. The lowest BCUT2D eigenvalue weighted by Crippen LogP contribution is -2.29. The van der Waals surface area contributed by atoms with Gasteiger partial charge in [-0.2, -0.15) is 0 Å². The van der Waals surface area contributed by atoms with Gasteiger partial charge < -0.3 is 20.3 Å². The maximum Gasteiger partial charge on any atom is 0.195 e. The molecule has 0 aromatic rings. The van der Waals surface area contributed by atoms with Gasteiger partial charge in [0.2, 0.25) is 0 Å². The van der Waals surface area contributed by atoms with Crippen LogP contribution in [-0.4, -0.2) is 35.8 Å². The van der Waals surface area contributed by atoms with Crippen LogP contribution < -0.4 is 5.73 Å². The van der Waals surface area contributed by atoms with Gasteiger partial charge in [0.1, 0.15) is 12.7 Å². The lowest BCUT2D eigenvalue weighted by molar-refractivity contribution is -0.114. The Balaban J connectivity index is 3.44. The Bertz CT molecular complexity index is 165. The Kier molecular flexibility index (Phi) is 8.11. The fourth-order valence-corrected chi connectivity index (χ4v) is 1.32. The van der Waals surface area contributed by atoms with Gasteiger partial charge >= 0.3 is 0 Å². The highest BCUT2D eigenvalue weighted by molar-refractivity contribution is 8.13. The molecule has 0 saturated heterocycles. The van der Waals surface area contributed by atoms with E-state index < -0.39 is 0 Å². The third-order valence-corrected chi connectivity index (χ3v) is 2.64. The summed E-state index contributed by atoms with van der Waals surface area (Å²) in [4.78, 5) is 11.3. The first-order chi connectivity index (χ1) is 6.59. The Labute approximate surface area is 87.9 Å². The molecule has 0 spiro atoms. The summed E-state index contributed by atoms with van der Waals surface area (Å²) in [6.45, 7) is 3.18. The Morgan fingerprint density at radius 1 is 1.50 bits per heavy atom. The van der Waals surface area contributed by atoms with Gasteiger partial charge in [-0.1, -0.05) is 18.7 Å². The van der Waals surface area contributed by atoms with Crippen LogP contribution in [0.25, 0.3) is 0 Å². The number of thioether (sulfide) groups is 1. The van der Waals surface area contributed by atoms with E-state index >= 15 is 0 Å². The highest BCUT2D eigenvalue weighted by atomic mass is 32.2. The number of aliphatic hydroxyl groups is 1. The molecule has 0 bridgehead atoms. The fourth-order valence-electron chi connectivity index (χ4n) is 0.576. The quantitative estimate of drug-likeness (QED) is 0.471. The third kappa shape index (κ3) is 6.33. The molecule has 14 heavy (non-hydrogen) atoms. The van der Waals surface area contributed by atoms with Gasteiger partial charge in [-0.25, -0.2) is 0 Å². The molecule has 0 radical (unpaired) electrons. The molecule has 0 amide bonds. The first kappa shape index (κ1) is 13.9. The number of carbonyl (C=O) groups excluding carboxylic acids is 1. The van der Waals surface area contributed by atoms with E-state index in [0.717, 1.165) is 11.8 Å². The third-order valence-electron chi connectivity index (χ3n) is 1.70. The number of rotatable bonds is 7. The molecule has 0 aliphatic rings. The molecule has 0 rings (SSSR count). The van der Waals surface area contributed by atoms with Crippen molar-refractivity contribution in [1.82, 2.24) is 0 Å². The van der Waals surface area contributed by atoms with Crippen LogP contribution in [0.15, 0.2) is 0 Å². The lowest BCUT2D eigenvalue weighted by Gasteiger charge is -2.13. The smallest absolute Gasteiger partial charge is 0.195 e. The summed E-state index contributed by atoms with van der Waals surface area (Å²) in [6.07, 6.45) is 0. The fraction of sp³-hybridized carbons (Fsp3) is 0.875. The molecular weight excluding hydrogens is 206 g/mol. The Hall–Kier alpha value is -0.140. The van der Waals surface area contributed by atoms with Crippen molar-refractivity contribution in [3.05, 3.63) is 0 Å². The van der Waals surface area contributed by atoms with E-state index in [2.05, 4.69) is 4.74 Å². The predicted octanol–water partition coefficient (Wildman–Crippen LogP) is 0.128. The summed E-state index contributed by atoms with van der Waals surface area (Å²) in [6, 6.07) is -0.149. The predicted molar refractivity (Wildman–Crippen MR) is 54.4 cm³/mol. The molecule has 5 nitrogen and oxygen atoms in total. The van der Waals surface area contributed by atoms with Gasteiger partial charge in [-0.3, -0.25) is 4.79 Å². The van der Waals surface area contributed by atoms with Crippen molar-refractivity contribution in [2.45, 2.75) is 19.9 Å². The number of nitrogens with two attached hydrogens (primary N) is 1. The molecule has 0 saturated carbocycles. The van der Waals surface area contributed by atoms with Crippen LogP contribution in [0, 0.1) is 5.92 Å². The van der Waals surface area contributed by atoms with Crippen LogP contribution in [0.3, 0.4) is 0 Å². The molecule has 3 N–H and O–H groups in total. The molecule has 0 aliphatic carbocycles. The van der Waals surface area contributed by atoms with Crippen molar-refractivity contribution in [3.8, 4) is 0 Å². The number of hydrogen-bond acceptors (Lipinski definition) is 6. The first-order valence-electron chi connectivity index (χ1n) is 4.28. The summed E-state index contributed by atoms with van der Waals surface area (Å²) < 4.78 is 9.40. The molecule has 6 heteroatoms. The second-order valence-electron chi connectivity index (χ2n) is 2.88. The lowest BCUT2D eigenvalue weighted by atomic mass is 10.1. The van der Waals surface area contributed by atoms with Crippen molar-refractivity contribution in [2.75, 3.05) is 19.5 Å². The average molecular weight is 223 g/mol. The largest absolute Gasteiger partial charge is 0.371 e. The molecule has 2 unspecified atom stereocenters. The molecule has 0 fully saturated rings. The minimum Gasteiger partial charge on any atom is -0.371 e. The maximum absolute atomic E-state index is 11.3. The second-order valence-corrected chi connectivity index (χ2v) is 3.81. The molecular formula is C8H17NO4S. The number of hydrogen-bond donors (Lipinski definition) is 2. The highest BCUT2D eigenvalue weighted by Crippen LogP contribution is 2.13. The van der Waals surface area contributed by atoms with Crippen molar-refractivity contribution in [2.24, 2.45) is 11.7 Å². The number of carbonyl (C=O) groups is 1. The zero-order valence-electron chi connectivity index (χ0n) is 8.43. The van der Waals surface area contributed by atoms with Gasteiger partial charge in [0.15, 0.2) is 11.9 Å². The summed E-state index contributed by atoms with van der Waals surface area (Å²) in [5.74, 6) is 0.0398. The van der Waals surface area contributed by atoms with Gasteiger partial charge in [0.25, 0.3) is 0 Å². The number of ether oxygens (including phenoxy) is 2. The van der Waals surface area contributed by atoms with Crippen molar-refractivity contribution in [1.29, 1.82) is 0 Å². The van der Waals surface area contributed by atoms with Gasteiger partial charge in [-0.05, 0) is 6.92 Å². The van der Waals surface area contributed by atoms with Crippen molar-refractivity contribution < 1.29 is 19.4 Å². The zero-order valence-corrected chi connectivity index (χ0v) is 9.25. The normalized spacial score (nSPS) is 15.1. The van der Waals surface area contributed by atoms with Gasteiger partial charge in [0, 0.05) is 12.0 Å². The van der Waals surface area contributed by atoms with E-state index in [4.69, 9.17) is 15.6 Å². The number of aliphatic hydroxyl groups excluding tert-OH is 1. The van der Waals surface area contributed by atoms with Crippen LogP contribution in [0.1, 0.15) is 13.8 Å². The Morgan fingerprint density at radius 2 is 2.14 bits per heavy atom. The van der Waals surface area contributed by atoms with Crippen molar-refractivity contribution in [3.63, 3.8) is 0 Å². The van der Waals surface area contributed by atoms with Crippen LogP contribution in [0.4, 0.5) is 0 Å². The minimum atomic E-state index is -0.380. The van der Waals surface area contributed by atoms with E-state index in [1.807, 2.05) is 0 Å². The maximum atomic E-state index is 11.3. The van der Waals surface area contributed by atoms with Crippen LogP contribution >= 0.6 is 11.8 Å². The molecule has 0 heterocycles. The van der Waals surface area contributed by atoms with Crippen LogP contribution in [-0.2, 0) is 14.3 Å². The standard InChI is InChI=1S/C8H17NO4S/c1-6(7(2)9)8(11)14-5-13-4-12-3-10/h6-7,10H,3-5,9H2,1-2H3. The summed E-state index contributed by atoms with van der Waals surface area (Å²) in [7, 11) is 0. The van der Waals surface area contributed by atoms with Gasteiger partial charge in [0.05, 0.1) is 0 Å². The zero-order chi connectivity index (χ0) is 11.0. The van der Waals surface area contributed by atoms with Crippen molar-refractivity contribution >= 4 is 16.9 Å². The van der Waals surface area contributed by atoms with Gasteiger partial charge in [-0.15, -0.1) is 0 Å². The summed E-state index contributed by atoms with van der Waals surface area (Å²) in [5.41, 5.74) is 5.56. The molecule has 84 valence electrons. The molecule has 2 atom stereocenters. The monoisotopic (exact) mass is 223 g/mol. The highest BCUT2D eigenvalue weighted by Gasteiger charge is 2.17.